The highest BCUT2D eigenvalue weighted by Gasteiger charge is 2.03. The van der Waals surface area contributed by atoms with Crippen molar-refractivity contribution in [2.24, 2.45) is 11.7 Å². The Bertz CT molecular complexity index is 90.9. The fraction of sp³-hybridized carbons (Fsp3) is 0.714. The van der Waals surface area contributed by atoms with E-state index in [1.807, 2.05) is 6.92 Å². The van der Waals surface area contributed by atoms with Crippen LogP contribution in [0, 0.1) is 12.3 Å². The Labute approximate surface area is 56.4 Å². The lowest BCUT2D eigenvalue weighted by molar-refractivity contribution is -0.115. The van der Waals surface area contributed by atoms with E-state index in [-0.39, 0.29) is 5.91 Å². The van der Waals surface area contributed by atoms with Gasteiger partial charge in [0.2, 0.25) is 5.91 Å². The summed E-state index contributed by atoms with van der Waals surface area (Å²) >= 11 is 0. The summed E-state index contributed by atoms with van der Waals surface area (Å²) in [6.07, 6.45) is 3.71. The second-order valence-electron chi connectivity index (χ2n) is 2.33. The molecule has 1 amide bonds. The van der Waals surface area contributed by atoms with Crippen LogP contribution in [0.4, 0.5) is 0 Å². The van der Waals surface area contributed by atoms with Crippen molar-refractivity contribution in [2.75, 3.05) is 0 Å². The largest absolute Gasteiger partial charge is 0.369 e. The molecule has 0 spiro atoms. The SMILES string of the molecule is CCCC(C)[CH]C(N)=O. The lowest BCUT2D eigenvalue weighted by atomic mass is 10.0. The molecule has 0 aliphatic carbocycles. The molecular formula is C7H14NO. The van der Waals surface area contributed by atoms with Crippen molar-refractivity contribution in [1.29, 1.82) is 0 Å². The maximum atomic E-state index is 10.3. The molecule has 0 rings (SSSR count). The predicted molar refractivity (Wildman–Crippen MR) is 37.6 cm³/mol. The molecule has 0 saturated heterocycles. The van der Waals surface area contributed by atoms with Crippen molar-refractivity contribution in [3.63, 3.8) is 0 Å². The first-order chi connectivity index (χ1) is 4.16. The molecule has 2 N–H and O–H groups in total. The molecule has 9 heavy (non-hydrogen) atoms. The molecule has 0 aliphatic heterocycles. The summed E-state index contributed by atoms with van der Waals surface area (Å²) in [5.74, 6) is 0.0310. The molecule has 0 aromatic rings. The standard InChI is InChI=1S/C7H14NO/c1-3-4-6(2)5-7(8)9/h5-6H,3-4H2,1-2H3,(H2,8,9). The van der Waals surface area contributed by atoms with Gasteiger partial charge in [-0.2, -0.15) is 0 Å². The number of hydrogen-bond acceptors (Lipinski definition) is 1. The fourth-order valence-corrected chi connectivity index (χ4v) is 0.819. The average Bonchev–Trinajstić information content (AvgIpc) is 1.63. The summed E-state index contributed by atoms with van der Waals surface area (Å²) in [5.41, 5.74) is 4.93. The Morgan fingerprint density at radius 3 is 2.67 bits per heavy atom. The van der Waals surface area contributed by atoms with E-state index in [9.17, 15) is 4.79 Å². The van der Waals surface area contributed by atoms with E-state index in [0.717, 1.165) is 12.8 Å². The molecule has 1 unspecified atom stereocenters. The minimum atomic E-state index is -0.309. The number of primary amides is 1. The molecule has 53 valence electrons. The van der Waals surface area contributed by atoms with Gasteiger partial charge in [0.25, 0.3) is 0 Å². The molecule has 2 nitrogen and oxygen atoms in total. The van der Waals surface area contributed by atoms with Gasteiger partial charge in [-0.25, -0.2) is 0 Å². The maximum absolute atomic E-state index is 10.3. The van der Waals surface area contributed by atoms with E-state index in [0.29, 0.717) is 5.92 Å². The molecule has 0 fully saturated rings. The van der Waals surface area contributed by atoms with Crippen LogP contribution in [0.2, 0.25) is 0 Å². The summed E-state index contributed by atoms with van der Waals surface area (Å²) in [7, 11) is 0. The summed E-state index contributed by atoms with van der Waals surface area (Å²) in [4.78, 5) is 10.3. The maximum Gasteiger partial charge on any atom is 0.221 e. The molecule has 0 aliphatic rings. The van der Waals surface area contributed by atoms with Crippen LogP contribution in [-0.4, -0.2) is 5.91 Å². The average molecular weight is 128 g/mol. The zero-order valence-electron chi connectivity index (χ0n) is 6.05. The Balaban J connectivity index is 3.26. The van der Waals surface area contributed by atoms with Gasteiger partial charge >= 0.3 is 0 Å². The molecule has 0 bridgehead atoms. The molecule has 0 aromatic carbocycles. The number of carbonyl (C=O) groups is 1. The smallest absolute Gasteiger partial charge is 0.221 e. The van der Waals surface area contributed by atoms with Crippen LogP contribution < -0.4 is 5.73 Å². The highest BCUT2D eigenvalue weighted by Crippen LogP contribution is 2.06. The summed E-state index contributed by atoms with van der Waals surface area (Å²) in [5, 5.41) is 0. The van der Waals surface area contributed by atoms with E-state index in [1.165, 1.54) is 0 Å². The Hall–Kier alpha value is -0.530. The van der Waals surface area contributed by atoms with E-state index < -0.39 is 0 Å². The highest BCUT2D eigenvalue weighted by atomic mass is 16.1. The first kappa shape index (κ1) is 8.47. The fourth-order valence-electron chi connectivity index (χ4n) is 0.819. The third kappa shape index (κ3) is 5.34. The van der Waals surface area contributed by atoms with Crippen molar-refractivity contribution in [1.82, 2.24) is 0 Å². The van der Waals surface area contributed by atoms with Gasteiger partial charge in [0, 0.05) is 0 Å². The molecule has 0 saturated carbocycles. The van der Waals surface area contributed by atoms with Crippen molar-refractivity contribution in [3.05, 3.63) is 6.42 Å². The van der Waals surface area contributed by atoms with Gasteiger partial charge in [0.15, 0.2) is 0 Å². The summed E-state index contributed by atoms with van der Waals surface area (Å²) in [6, 6.07) is 0. The zero-order valence-corrected chi connectivity index (χ0v) is 6.05. The Morgan fingerprint density at radius 1 is 1.78 bits per heavy atom. The number of amides is 1. The van der Waals surface area contributed by atoms with Crippen LogP contribution in [0.5, 0.6) is 0 Å². The quantitative estimate of drug-likeness (QED) is 0.605. The number of hydrogen-bond donors (Lipinski definition) is 1. The van der Waals surface area contributed by atoms with Gasteiger partial charge in [-0.05, 0) is 5.92 Å². The van der Waals surface area contributed by atoms with Crippen LogP contribution >= 0.6 is 0 Å². The minimum absolute atomic E-state index is 0.309. The van der Waals surface area contributed by atoms with Crippen molar-refractivity contribution < 1.29 is 4.79 Å². The van der Waals surface area contributed by atoms with Gasteiger partial charge in [0.05, 0.1) is 6.42 Å². The molecule has 0 aromatic heterocycles. The second-order valence-corrected chi connectivity index (χ2v) is 2.33. The first-order valence-corrected chi connectivity index (χ1v) is 3.31. The molecular weight excluding hydrogens is 114 g/mol. The molecule has 0 heterocycles. The van der Waals surface area contributed by atoms with Gasteiger partial charge < -0.3 is 5.73 Å². The lowest BCUT2D eigenvalue weighted by Crippen LogP contribution is -2.15. The highest BCUT2D eigenvalue weighted by molar-refractivity contribution is 5.83. The van der Waals surface area contributed by atoms with Crippen LogP contribution in [0.3, 0.4) is 0 Å². The number of carbonyl (C=O) groups excluding carboxylic acids is 1. The first-order valence-electron chi connectivity index (χ1n) is 3.31. The lowest BCUT2D eigenvalue weighted by Gasteiger charge is -2.04. The van der Waals surface area contributed by atoms with Crippen LogP contribution in [0.1, 0.15) is 26.7 Å². The minimum Gasteiger partial charge on any atom is -0.369 e. The zero-order chi connectivity index (χ0) is 7.28. The van der Waals surface area contributed by atoms with Gasteiger partial charge in [-0.1, -0.05) is 26.7 Å². The molecule has 1 atom stereocenters. The summed E-state index contributed by atoms with van der Waals surface area (Å²) < 4.78 is 0. The second kappa shape index (κ2) is 4.36. The van der Waals surface area contributed by atoms with Crippen LogP contribution in [-0.2, 0) is 4.79 Å². The van der Waals surface area contributed by atoms with E-state index in [4.69, 9.17) is 5.73 Å². The third-order valence-corrected chi connectivity index (χ3v) is 1.19. The van der Waals surface area contributed by atoms with Gasteiger partial charge in [-0.15, -0.1) is 0 Å². The predicted octanol–water partition coefficient (Wildman–Crippen LogP) is 1.11. The van der Waals surface area contributed by atoms with E-state index >= 15 is 0 Å². The monoisotopic (exact) mass is 128 g/mol. The van der Waals surface area contributed by atoms with E-state index in [2.05, 4.69) is 6.92 Å². The number of nitrogens with two attached hydrogens (primary N) is 1. The Morgan fingerprint density at radius 2 is 2.33 bits per heavy atom. The van der Waals surface area contributed by atoms with Crippen LogP contribution in [0.25, 0.3) is 0 Å². The number of rotatable bonds is 4. The van der Waals surface area contributed by atoms with Crippen molar-refractivity contribution in [3.8, 4) is 0 Å². The molecule has 2 heteroatoms. The summed E-state index contributed by atoms with van der Waals surface area (Å²) in [6.45, 7) is 4.08. The van der Waals surface area contributed by atoms with Crippen molar-refractivity contribution in [2.45, 2.75) is 26.7 Å². The van der Waals surface area contributed by atoms with Gasteiger partial charge in [-0.3, -0.25) is 4.79 Å². The van der Waals surface area contributed by atoms with Crippen molar-refractivity contribution >= 4 is 5.91 Å². The van der Waals surface area contributed by atoms with E-state index in [1.54, 1.807) is 6.42 Å². The van der Waals surface area contributed by atoms with Crippen LogP contribution in [0.15, 0.2) is 0 Å². The third-order valence-electron chi connectivity index (χ3n) is 1.19. The molecule has 1 radical (unpaired) electrons. The topological polar surface area (TPSA) is 43.1 Å². The Kier molecular flexibility index (Phi) is 4.10. The van der Waals surface area contributed by atoms with Gasteiger partial charge in [0.1, 0.15) is 0 Å². The normalized spacial score (nSPS) is 13.1.